The van der Waals surface area contributed by atoms with E-state index in [9.17, 15) is 0 Å². The van der Waals surface area contributed by atoms with Gasteiger partial charge in [0, 0.05) is 11.8 Å². The van der Waals surface area contributed by atoms with Crippen LogP contribution in [0.1, 0.15) is 11.1 Å². The Kier molecular flexibility index (Phi) is 5.87. The van der Waals surface area contributed by atoms with Gasteiger partial charge in [0.15, 0.2) is 0 Å². The van der Waals surface area contributed by atoms with Gasteiger partial charge >= 0.3 is 0 Å². The second kappa shape index (κ2) is 7.05. The van der Waals surface area contributed by atoms with Crippen LogP contribution in [0.5, 0.6) is 0 Å². The van der Waals surface area contributed by atoms with Crippen molar-refractivity contribution in [2.45, 2.75) is 9.09 Å². The monoisotopic (exact) mass is 383 g/mol. The van der Waals surface area contributed by atoms with Gasteiger partial charge in [0.1, 0.15) is 31.4 Å². The average Bonchev–Trinajstić information content (AvgIpc) is 2.53. The summed E-state index contributed by atoms with van der Waals surface area (Å²) < 4.78 is 0.239. The Bertz CT molecular complexity index is 778. The lowest BCUT2D eigenvalue weighted by Crippen LogP contribution is -2.40. The molecule has 0 radical (unpaired) electrons. The van der Waals surface area contributed by atoms with E-state index in [2.05, 4.69) is 112 Å². The van der Waals surface area contributed by atoms with Gasteiger partial charge in [0.2, 0.25) is 0 Å². The van der Waals surface area contributed by atoms with Crippen LogP contribution in [0.4, 0.5) is 0 Å². The summed E-state index contributed by atoms with van der Waals surface area (Å²) in [4.78, 5) is 4.91. The molecule has 0 saturated carbocycles. The van der Waals surface area contributed by atoms with Crippen LogP contribution in [0.25, 0.3) is 11.3 Å². The van der Waals surface area contributed by atoms with Crippen LogP contribution in [-0.4, -0.2) is 73.9 Å². The van der Waals surface area contributed by atoms with Crippen LogP contribution in [0.15, 0.2) is 42.6 Å². The molecule has 0 amide bonds. The topological polar surface area (TPSA) is 12.9 Å². The maximum atomic E-state index is 4.91. The first-order valence-electron chi connectivity index (χ1n) is 9.12. The zero-order chi connectivity index (χ0) is 20.0. The van der Waals surface area contributed by atoms with E-state index in [-0.39, 0.29) is 9.09 Å². The zero-order valence-electron chi connectivity index (χ0n) is 18.3. The predicted octanol–water partition coefficient (Wildman–Crippen LogP) is 0.890. The lowest BCUT2D eigenvalue weighted by atomic mass is 9.58. The molecular formula is C19H33B4NS2. The highest BCUT2D eigenvalue weighted by Gasteiger charge is 2.39. The van der Waals surface area contributed by atoms with Crippen LogP contribution >= 0.6 is 20.1 Å². The molecule has 7 heteroatoms. The molecule has 0 N–H and O–H groups in total. The van der Waals surface area contributed by atoms with Gasteiger partial charge in [0.25, 0.3) is 0 Å². The highest BCUT2D eigenvalue weighted by Crippen LogP contribution is 2.58. The number of hydrogen-bond acceptors (Lipinski definition) is 1. The predicted molar refractivity (Wildman–Crippen MR) is 138 cm³/mol. The van der Waals surface area contributed by atoms with Crippen molar-refractivity contribution in [3.63, 3.8) is 0 Å². The van der Waals surface area contributed by atoms with Crippen molar-refractivity contribution in [1.29, 1.82) is 0 Å². The van der Waals surface area contributed by atoms with Gasteiger partial charge in [-0.25, -0.2) is 0 Å². The van der Waals surface area contributed by atoms with Crippen molar-refractivity contribution >= 4 is 51.4 Å². The summed E-state index contributed by atoms with van der Waals surface area (Å²) in [6.07, 6.45) is 16.7. The quantitative estimate of drug-likeness (QED) is 0.700. The van der Waals surface area contributed by atoms with E-state index in [4.69, 9.17) is 4.98 Å². The molecule has 0 aliphatic rings. The van der Waals surface area contributed by atoms with Crippen molar-refractivity contribution in [1.82, 2.24) is 4.98 Å². The highest BCUT2D eigenvalue weighted by atomic mass is 32.3. The Labute approximate surface area is 167 Å². The summed E-state index contributed by atoms with van der Waals surface area (Å²) in [6, 6.07) is 12.9. The number of nitrogens with zero attached hydrogens (tertiary/aromatic N) is 1. The van der Waals surface area contributed by atoms with Gasteiger partial charge in [0.05, 0.1) is 5.69 Å². The van der Waals surface area contributed by atoms with Crippen LogP contribution < -0.4 is 0 Å². The second-order valence-corrected chi connectivity index (χ2v) is 19.1. The van der Waals surface area contributed by atoms with Gasteiger partial charge in [-0.3, -0.25) is 25.0 Å². The van der Waals surface area contributed by atoms with Crippen molar-refractivity contribution in [3.8, 4) is 11.3 Å². The summed E-state index contributed by atoms with van der Waals surface area (Å²) in [5.41, 5.74) is 5.18. The molecule has 0 bridgehead atoms. The van der Waals surface area contributed by atoms with E-state index in [1.165, 1.54) is 16.7 Å². The fourth-order valence-electron chi connectivity index (χ4n) is 2.86. The Morgan fingerprint density at radius 1 is 0.731 bits per heavy atom. The Balaban J connectivity index is 2.78. The van der Waals surface area contributed by atoms with Gasteiger partial charge < -0.3 is 0 Å². The van der Waals surface area contributed by atoms with Crippen LogP contribution in [-0.2, 0) is 9.09 Å². The lowest BCUT2D eigenvalue weighted by Gasteiger charge is -2.51. The fourth-order valence-corrected chi connectivity index (χ4v) is 4.51. The molecular weight excluding hydrogens is 350 g/mol. The molecule has 0 unspecified atom stereocenters. The first-order valence-corrected chi connectivity index (χ1v) is 14.8. The normalized spacial score (nSPS) is 14.8. The van der Waals surface area contributed by atoms with Crippen LogP contribution in [0, 0.1) is 0 Å². The molecule has 0 aliphatic heterocycles. The van der Waals surface area contributed by atoms with Crippen molar-refractivity contribution in [2.75, 3.05) is 37.5 Å². The summed E-state index contributed by atoms with van der Waals surface area (Å²) in [7, 11) is 8.05. The van der Waals surface area contributed by atoms with Gasteiger partial charge in [-0.1, -0.05) is 30.3 Å². The Morgan fingerprint density at radius 2 is 1.19 bits per heavy atom. The van der Waals surface area contributed by atoms with Crippen molar-refractivity contribution < 1.29 is 0 Å². The fraction of sp³-hybridized carbons (Fsp3) is 0.421. The summed E-state index contributed by atoms with van der Waals surface area (Å²) in [5.74, 6) is 0. The third kappa shape index (κ3) is 3.94. The van der Waals surface area contributed by atoms with E-state index in [0.717, 1.165) is 5.69 Å². The second-order valence-electron chi connectivity index (χ2n) is 9.68. The number of benzene rings is 1. The summed E-state index contributed by atoms with van der Waals surface area (Å²) >= 11 is 0. The highest BCUT2D eigenvalue weighted by molar-refractivity contribution is 8.34. The Morgan fingerprint density at radius 3 is 1.65 bits per heavy atom. The van der Waals surface area contributed by atoms with Crippen LogP contribution in [0.2, 0.25) is 0 Å². The molecule has 0 atom stereocenters. The molecule has 1 aromatic heterocycles. The number of aromatic nitrogens is 1. The zero-order valence-corrected chi connectivity index (χ0v) is 19.9. The molecule has 1 heterocycles. The molecule has 1 aromatic carbocycles. The smallest absolute Gasteiger partial charge is 0.115 e. The summed E-state index contributed by atoms with van der Waals surface area (Å²) in [6.45, 7) is 0. The van der Waals surface area contributed by atoms with Crippen molar-refractivity contribution in [3.05, 3.63) is 53.7 Å². The van der Waals surface area contributed by atoms with E-state index in [1.54, 1.807) is 0 Å². The maximum absolute atomic E-state index is 4.91. The minimum Gasteiger partial charge on any atom is -0.256 e. The largest absolute Gasteiger partial charge is 0.256 e. The first-order chi connectivity index (χ1) is 11.7. The average molecular weight is 383 g/mol. The SMILES string of the molecule is BC(B)(c1cnc(-c2ccccc2)cc1C(B)(B)S(C)(C)C)S(C)(C)C. The third-order valence-corrected chi connectivity index (χ3v) is 12.9. The van der Waals surface area contributed by atoms with Crippen LogP contribution in [0.3, 0.4) is 0 Å². The van der Waals surface area contributed by atoms with Crippen molar-refractivity contribution in [2.24, 2.45) is 0 Å². The molecule has 1 nitrogen and oxygen atoms in total. The molecule has 138 valence electrons. The molecule has 2 rings (SSSR count). The molecule has 0 fully saturated rings. The van der Waals surface area contributed by atoms with E-state index >= 15 is 0 Å². The van der Waals surface area contributed by atoms with E-state index in [0.29, 0.717) is 0 Å². The summed E-state index contributed by atoms with van der Waals surface area (Å²) in [5, 5.41) is 0. The van der Waals surface area contributed by atoms with Gasteiger partial charge in [-0.2, -0.15) is 0 Å². The number of rotatable bonds is 5. The molecule has 2 aromatic rings. The third-order valence-electron chi connectivity index (χ3n) is 6.33. The molecule has 0 spiro atoms. The molecule has 0 saturated heterocycles. The Hall–Kier alpha value is -0.670. The lowest BCUT2D eigenvalue weighted by molar-refractivity contribution is 1.07. The number of hydrogen-bond donors (Lipinski definition) is 0. The van der Waals surface area contributed by atoms with E-state index in [1.807, 2.05) is 0 Å². The first kappa shape index (κ1) is 21.6. The molecule has 26 heavy (non-hydrogen) atoms. The maximum Gasteiger partial charge on any atom is 0.115 e. The standard InChI is InChI=1S/C19H33B4NS2/c1-25(2,3)18(20,21)15-12-17(14-10-8-7-9-11-14)24-13-16(15)19(22,23)26(4,5)6/h7-13H,20-23H2,1-6H3. The molecule has 0 aliphatic carbocycles. The van der Waals surface area contributed by atoms with E-state index < -0.39 is 20.1 Å². The minimum absolute atomic E-state index is 0.118. The minimum atomic E-state index is -0.801. The van der Waals surface area contributed by atoms with Gasteiger partial charge in [-0.15, -0.1) is 0 Å². The van der Waals surface area contributed by atoms with Gasteiger partial charge in [-0.05, 0) is 63.8 Å². The number of pyridine rings is 1.